The molecule has 1 N–H and O–H groups in total. The van der Waals surface area contributed by atoms with Crippen LogP contribution in [0.3, 0.4) is 0 Å². The molecule has 0 atom stereocenters. The summed E-state index contributed by atoms with van der Waals surface area (Å²) in [4.78, 5) is 34.5. The third-order valence-electron chi connectivity index (χ3n) is 3.11. The van der Waals surface area contributed by atoms with Crippen molar-refractivity contribution in [3.8, 4) is 5.75 Å². The first-order valence-corrected chi connectivity index (χ1v) is 7.39. The van der Waals surface area contributed by atoms with Gasteiger partial charge in [0, 0.05) is 5.56 Å². The number of hydrogen-bond donors (Lipinski definition) is 1. The number of benzene rings is 2. The smallest absolute Gasteiger partial charge is 0.344 e. The molecule has 0 aliphatic heterocycles. The highest BCUT2D eigenvalue weighted by Crippen LogP contribution is 2.14. The van der Waals surface area contributed by atoms with Gasteiger partial charge in [-0.15, -0.1) is 0 Å². The summed E-state index contributed by atoms with van der Waals surface area (Å²) in [5.74, 6) is -1.82. The normalized spacial score (nSPS) is 10.0. The fraction of sp³-hybridized carbons (Fsp3) is 0.167. The number of carbonyl (C=O) groups excluding carboxylic acids is 3. The van der Waals surface area contributed by atoms with Gasteiger partial charge in [-0.25, -0.2) is 9.18 Å². The number of nitrogens with one attached hydrogen (secondary N) is 1. The molecule has 0 fully saturated rings. The average molecular weight is 345 g/mol. The Hall–Kier alpha value is -3.22. The van der Waals surface area contributed by atoms with Gasteiger partial charge >= 0.3 is 5.97 Å². The monoisotopic (exact) mass is 345 g/mol. The van der Waals surface area contributed by atoms with Crippen molar-refractivity contribution in [2.24, 2.45) is 0 Å². The number of amides is 1. The molecule has 7 heteroatoms. The van der Waals surface area contributed by atoms with Crippen LogP contribution >= 0.6 is 0 Å². The first-order valence-electron chi connectivity index (χ1n) is 7.39. The molecule has 0 saturated heterocycles. The van der Waals surface area contributed by atoms with E-state index in [-0.39, 0.29) is 11.5 Å². The van der Waals surface area contributed by atoms with Crippen molar-refractivity contribution >= 4 is 23.3 Å². The molecular weight excluding hydrogens is 329 g/mol. The van der Waals surface area contributed by atoms with Crippen LogP contribution in [0.1, 0.15) is 17.3 Å². The Morgan fingerprint density at radius 2 is 1.80 bits per heavy atom. The summed E-state index contributed by atoms with van der Waals surface area (Å²) in [7, 11) is 0. The van der Waals surface area contributed by atoms with Gasteiger partial charge in [-0.2, -0.15) is 0 Å². The van der Waals surface area contributed by atoms with Crippen molar-refractivity contribution in [3.63, 3.8) is 0 Å². The number of ether oxygens (including phenoxy) is 2. The predicted molar refractivity (Wildman–Crippen MR) is 87.9 cm³/mol. The van der Waals surface area contributed by atoms with Crippen molar-refractivity contribution in [1.82, 2.24) is 0 Å². The van der Waals surface area contributed by atoms with Crippen LogP contribution in [0.25, 0.3) is 0 Å². The molecule has 0 heterocycles. The van der Waals surface area contributed by atoms with Gasteiger partial charge in [-0.05, 0) is 31.2 Å². The molecule has 130 valence electrons. The van der Waals surface area contributed by atoms with E-state index in [2.05, 4.69) is 5.32 Å². The second kappa shape index (κ2) is 8.58. The minimum absolute atomic E-state index is 0.000784. The second-order valence-electron chi connectivity index (χ2n) is 5.06. The van der Waals surface area contributed by atoms with E-state index in [4.69, 9.17) is 9.47 Å². The highest BCUT2D eigenvalue weighted by atomic mass is 19.1. The van der Waals surface area contributed by atoms with Crippen molar-refractivity contribution in [2.45, 2.75) is 6.92 Å². The molecule has 2 rings (SSSR count). The molecule has 0 aliphatic rings. The van der Waals surface area contributed by atoms with Gasteiger partial charge in [0.2, 0.25) is 0 Å². The molecule has 0 aliphatic carbocycles. The molecule has 1 amide bonds. The SMILES string of the molecule is CC(=O)c1cccc(OCC(=O)OCC(=O)Nc2ccccc2F)c1. The van der Waals surface area contributed by atoms with Gasteiger partial charge in [-0.1, -0.05) is 24.3 Å². The molecule has 0 bridgehead atoms. The summed E-state index contributed by atoms with van der Waals surface area (Å²) in [6, 6.07) is 12.0. The average Bonchev–Trinajstić information content (AvgIpc) is 2.60. The Morgan fingerprint density at radius 1 is 1.04 bits per heavy atom. The molecule has 0 radical (unpaired) electrons. The standard InChI is InChI=1S/C18H16FNO5/c1-12(21)13-5-4-6-14(9-13)24-11-18(23)25-10-17(22)20-16-8-3-2-7-15(16)19/h2-9H,10-11H2,1H3,(H,20,22). The Kier molecular flexibility index (Phi) is 6.22. The van der Waals surface area contributed by atoms with Gasteiger partial charge in [0.1, 0.15) is 11.6 Å². The number of ketones is 1. The van der Waals surface area contributed by atoms with E-state index >= 15 is 0 Å². The highest BCUT2D eigenvalue weighted by molar-refractivity contribution is 5.94. The van der Waals surface area contributed by atoms with E-state index in [1.165, 1.54) is 31.2 Å². The van der Waals surface area contributed by atoms with Crippen LogP contribution in [-0.2, 0) is 14.3 Å². The molecule has 0 spiro atoms. The number of para-hydroxylation sites is 1. The van der Waals surface area contributed by atoms with E-state index in [1.54, 1.807) is 24.3 Å². The van der Waals surface area contributed by atoms with Crippen LogP contribution in [0, 0.1) is 5.82 Å². The fourth-order valence-corrected chi connectivity index (χ4v) is 1.88. The van der Waals surface area contributed by atoms with E-state index in [0.29, 0.717) is 11.3 Å². The zero-order valence-electron chi connectivity index (χ0n) is 13.5. The summed E-state index contributed by atoms with van der Waals surface area (Å²) in [6.45, 7) is 0.430. The Bertz CT molecular complexity index is 791. The summed E-state index contributed by atoms with van der Waals surface area (Å²) in [6.07, 6.45) is 0. The number of carbonyl (C=O) groups is 3. The van der Waals surface area contributed by atoms with Crippen molar-refractivity contribution in [1.29, 1.82) is 0 Å². The maximum Gasteiger partial charge on any atom is 0.344 e. The molecule has 0 saturated carbocycles. The summed E-state index contributed by atoms with van der Waals surface area (Å²) < 4.78 is 23.3. The van der Waals surface area contributed by atoms with Crippen molar-refractivity contribution in [3.05, 3.63) is 59.9 Å². The Labute approximate surface area is 143 Å². The van der Waals surface area contributed by atoms with Crippen molar-refractivity contribution in [2.75, 3.05) is 18.5 Å². The number of hydrogen-bond acceptors (Lipinski definition) is 5. The number of anilines is 1. The molecule has 0 aromatic heterocycles. The minimum atomic E-state index is -0.767. The van der Waals surface area contributed by atoms with E-state index < -0.39 is 30.9 Å². The van der Waals surface area contributed by atoms with Gasteiger partial charge < -0.3 is 14.8 Å². The number of Topliss-reactive ketones (excluding diaryl/α,β-unsaturated/α-hetero) is 1. The largest absolute Gasteiger partial charge is 0.482 e. The number of halogens is 1. The van der Waals surface area contributed by atoms with Gasteiger partial charge in [-0.3, -0.25) is 9.59 Å². The van der Waals surface area contributed by atoms with E-state index in [0.717, 1.165) is 0 Å². The third-order valence-corrected chi connectivity index (χ3v) is 3.11. The summed E-state index contributed by atoms with van der Waals surface area (Å²) >= 11 is 0. The van der Waals surface area contributed by atoms with E-state index in [9.17, 15) is 18.8 Å². The molecule has 2 aromatic carbocycles. The topological polar surface area (TPSA) is 81.7 Å². The third kappa shape index (κ3) is 5.72. The Balaban J connectivity index is 1.77. The zero-order chi connectivity index (χ0) is 18.2. The van der Waals surface area contributed by atoms with Gasteiger partial charge in [0.05, 0.1) is 5.69 Å². The maximum absolute atomic E-state index is 13.4. The lowest BCUT2D eigenvalue weighted by atomic mass is 10.1. The molecule has 2 aromatic rings. The van der Waals surface area contributed by atoms with Crippen LogP contribution < -0.4 is 10.1 Å². The summed E-state index contributed by atoms with van der Waals surface area (Å²) in [5, 5.41) is 2.29. The van der Waals surface area contributed by atoms with Crippen molar-refractivity contribution < 1.29 is 28.2 Å². The lowest BCUT2D eigenvalue weighted by Gasteiger charge is -2.09. The van der Waals surface area contributed by atoms with Crippen LogP contribution in [-0.4, -0.2) is 30.9 Å². The van der Waals surface area contributed by atoms with Crippen LogP contribution in [0.15, 0.2) is 48.5 Å². The molecule has 0 unspecified atom stereocenters. The fourth-order valence-electron chi connectivity index (χ4n) is 1.88. The first kappa shape index (κ1) is 18.1. The molecular formula is C18H16FNO5. The first-order chi connectivity index (χ1) is 12.0. The lowest BCUT2D eigenvalue weighted by molar-refractivity contribution is -0.149. The van der Waals surface area contributed by atoms with Crippen LogP contribution in [0.5, 0.6) is 5.75 Å². The number of esters is 1. The lowest BCUT2D eigenvalue weighted by Crippen LogP contribution is -2.24. The Morgan fingerprint density at radius 3 is 2.52 bits per heavy atom. The maximum atomic E-state index is 13.4. The van der Waals surface area contributed by atoms with E-state index in [1.807, 2.05) is 0 Å². The molecule has 6 nitrogen and oxygen atoms in total. The highest BCUT2D eigenvalue weighted by Gasteiger charge is 2.11. The summed E-state index contributed by atoms with van der Waals surface area (Å²) in [5.41, 5.74) is 0.455. The number of rotatable bonds is 7. The predicted octanol–water partition coefficient (Wildman–Crippen LogP) is 2.59. The molecule has 25 heavy (non-hydrogen) atoms. The minimum Gasteiger partial charge on any atom is -0.482 e. The zero-order valence-corrected chi connectivity index (χ0v) is 13.5. The van der Waals surface area contributed by atoms with Gasteiger partial charge in [0.15, 0.2) is 19.0 Å². The second-order valence-corrected chi connectivity index (χ2v) is 5.06. The van der Waals surface area contributed by atoms with Crippen LogP contribution in [0.4, 0.5) is 10.1 Å². The quantitative estimate of drug-likeness (QED) is 0.616. The van der Waals surface area contributed by atoms with Gasteiger partial charge in [0.25, 0.3) is 5.91 Å². The van der Waals surface area contributed by atoms with Crippen LogP contribution in [0.2, 0.25) is 0 Å².